The van der Waals surface area contributed by atoms with Crippen LogP contribution in [0.15, 0.2) is 101 Å². The Labute approximate surface area is 222 Å². The molecule has 0 atom stereocenters. The standard InChI is InChI=1S/C31H23F3O3S/c32-31(33,34)22-15-13-20(29(17-22)38-28-12-6-1-7-21(28)18-35)14-16-30(36)37-19-27-25-10-4-2-8-23(25)24-9-3-5-11-26(24)27/h1-13,15,17-18,27H,14,16,19H2. The summed E-state index contributed by atoms with van der Waals surface area (Å²) in [5.41, 5.74) is 4.66. The number of alkyl halides is 3. The number of aryl methyl sites for hydroxylation is 1. The molecule has 0 amide bonds. The molecule has 0 N–H and O–H groups in total. The highest BCUT2D eigenvalue weighted by atomic mass is 32.2. The summed E-state index contributed by atoms with van der Waals surface area (Å²) < 4.78 is 45.9. The van der Waals surface area contributed by atoms with Gasteiger partial charge in [0.1, 0.15) is 6.61 Å². The molecule has 0 saturated heterocycles. The monoisotopic (exact) mass is 532 g/mol. The Morgan fingerprint density at radius 2 is 1.47 bits per heavy atom. The number of fused-ring (bicyclic) bond motifs is 3. The lowest BCUT2D eigenvalue weighted by Gasteiger charge is -2.16. The number of rotatable bonds is 8. The van der Waals surface area contributed by atoms with Crippen LogP contribution >= 0.6 is 11.8 Å². The molecule has 192 valence electrons. The molecule has 0 aliphatic heterocycles. The van der Waals surface area contributed by atoms with Crippen LogP contribution in [0.5, 0.6) is 0 Å². The van der Waals surface area contributed by atoms with Crippen LogP contribution in [0.2, 0.25) is 0 Å². The minimum absolute atomic E-state index is 0.0181. The van der Waals surface area contributed by atoms with Crippen LogP contribution < -0.4 is 0 Å². The fourth-order valence-corrected chi connectivity index (χ4v) is 5.85. The van der Waals surface area contributed by atoms with Crippen LogP contribution in [0.4, 0.5) is 13.2 Å². The van der Waals surface area contributed by atoms with E-state index in [9.17, 15) is 22.8 Å². The van der Waals surface area contributed by atoms with Crippen LogP contribution in [-0.4, -0.2) is 18.9 Å². The van der Waals surface area contributed by atoms with Gasteiger partial charge in [-0.25, -0.2) is 0 Å². The van der Waals surface area contributed by atoms with Crippen LogP contribution in [0.1, 0.15) is 45.0 Å². The Hall–Kier alpha value is -3.84. The zero-order valence-electron chi connectivity index (χ0n) is 20.2. The fourth-order valence-electron chi connectivity index (χ4n) is 4.75. The number of ether oxygens (including phenoxy) is 1. The van der Waals surface area contributed by atoms with E-state index >= 15 is 0 Å². The quantitative estimate of drug-likeness (QED) is 0.171. The van der Waals surface area contributed by atoms with Crippen LogP contribution in [0.3, 0.4) is 0 Å². The highest BCUT2D eigenvalue weighted by Gasteiger charge is 2.32. The molecular weight excluding hydrogens is 509 g/mol. The van der Waals surface area contributed by atoms with Crippen molar-refractivity contribution >= 4 is 24.0 Å². The first-order chi connectivity index (χ1) is 18.3. The van der Waals surface area contributed by atoms with Crippen molar-refractivity contribution in [1.82, 2.24) is 0 Å². The molecule has 0 heterocycles. The molecule has 0 radical (unpaired) electrons. The predicted octanol–water partition coefficient (Wildman–Crippen LogP) is 7.96. The molecule has 0 unspecified atom stereocenters. The molecule has 4 aromatic rings. The minimum Gasteiger partial charge on any atom is -0.465 e. The summed E-state index contributed by atoms with van der Waals surface area (Å²) in [7, 11) is 0. The number of aldehydes is 1. The number of esters is 1. The molecule has 5 rings (SSSR count). The normalized spacial score (nSPS) is 12.6. The van der Waals surface area contributed by atoms with Crippen molar-refractivity contribution in [3.63, 3.8) is 0 Å². The van der Waals surface area contributed by atoms with Gasteiger partial charge in [-0.05, 0) is 52.4 Å². The Bertz CT molecular complexity index is 1450. The van der Waals surface area contributed by atoms with Crippen molar-refractivity contribution in [3.8, 4) is 11.1 Å². The molecule has 1 aliphatic rings. The lowest BCUT2D eigenvalue weighted by molar-refractivity contribution is -0.144. The maximum atomic E-state index is 13.4. The number of halogens is 3. The van der Waals surface area contributed by atoms with Crippen LogP contribution in [0, 0.1) is 0 Å². The van der Waals surface area contributed by atoms with Gasteiger partial charge in [-0.15, -0.1) is 0 Å². The number of carbonyl (C=O) groups excluding carboxylic acids is 2. The van der Waals surface area contributed by atoms with E-state index in [2.05, 4.69) is 12.1 Å². The van der Waals surface area contributed by atoms with E-state index in [0.29, 0.717) is 27.2 Å². The predicted molar refractivity (Wildman–Crippen MR) is 140 cm³/mol. The van der Waals surface area contributed by atoms with E-state index in [0.717, 1.165) is 46.1 Å². The highest BCUT2D eigenvalue weighted by Crippen LogP contribution is 2.44. The van der Waals surface area contributed by atoms with Crippen molar-refractivity contribution in [2.45, 2.75) is 34.7 Å². The maximum absolute atomic E-state index is 13.4. The lowest BCUT2D eigenvalue weighted by atomic mass is 9.98. The molecule has 3 nitrogen and oxygen atoms in total. The molecule has 0 saturated carbocycles. The van der Waals surface area contributed by atoms with Crippen molar-refractivity contribution in [1.29, 1.82) is 0 Å². The smallest absolute Gasteiger partial charge is 0.416 e. The molecule has 0 spiro atoms. The SMILES string of the molecule is O=Cc1ccccc1Sc1cc(C(F)(F)F)ccc1CCC(=O)OCC1c2ccccc2-c2ccccc21. The molecule has 7 heteroatoms. The van der Waals surface area contributed by atoms with Crippen molar-refractivity contribution in [2.75, 3.05) is 6.61 Å². The molecule has 4 aromatic carbocycles. The van der Waals surface area contributed by atoms with Crippen molar-refractivity contribution < 1.29 is 27.5 Å². The summed E-state index contributed by atoms with van der Waals surface area (Å²) in [5, 5.41) is 0. The van der Waals surface area contributed by atoms with E-state index in [1.54, 1.807) is 24.3 Å². The van der Waals surface area contributed by atoms with Gasteiger partial charge >= 0.3 is 12.1 Å². The summed E-state index contributed by atoms with van der Waals surface area (Å²) >= 11 is 1.08. The Morgan fingerprint density at radius 1 is 0.842 bits per heavy atom. The van der Waals surface area contributed by atoms with E-state index < -0.39 is 17.7 Å². The molecular formula is C31H23F3O3S. The summed E-state index contributed by atoms with van der Waals surface area (Å²) in [5.74, 6) is -0.487. The molecule has 0 aromatic heterocycles. The summed E-state index contributed by atoms with van der Waals surface area (Å²) in [6, 6.07) is 26.3. The van der Waals surface area contributed by atoms with E-state index in [1.165, 1.54) is 6.07 Å². The topological polar surface area (TPSA) is 43.4 Å². The third-order valence-electron chi connectivity index (χ3n) is 6.63. The first-order valence-corrected chi connectivity index (χ1v) is 12.9. The second-order valence-electron chi connectivity index (χ2n) is 8.99. The summed E-state index contributed by atoms with van der Waals surface area (Å²) in [6.07, 6.45) is -3.61. The zero-order valence-corrected chi connectivity index (χ0v) is 21.0. The molecule has 1 aliphatic carbocycles. The van der Waals surface area contributed by atoms with Gasteiger partial charge in [-0.1, -0.05) is 84.6 Å². The van der Waals surface area contributed by atoms with Crippen molar-refractivity contribution in [2.24, 2.45) is 0 Å². The second-order valence-corrected chi connectivity index (χ2v) is 10.1. The van der Waals surface area contributed by atoms with Crippen molar-refractivity contribution in [3.05, 3.63) is 119 Å². The zero-order chi connectivity index (χ0) is 26.7. The average molecular weight is 533 g/mol. The van der Waals surface area contributed by atoms with E-state index in [4.69, 9.17) is 4.74 Å². The molecule has 38 heavy (non-hydrogen) atoms. The number of carbonyl (C=O) groups is 2. The van der Waals surface area contributed by atoms with Gasteiger partial charge < -0.3 is 4.74 Å². The fraction of sp³-hybridized carbons (Fsp3) is 0.161. The second kappa shape index (κ2) is 10.9. The van der Waals surface area contributed by atoms with Gasteiger partial charge in [0.15, 0.2) is 6.29 Å². The molecule has 0 bridgehead atoms. The van der Waals surface area contributed by atoms with E-state index in [-0.39, 0.29) is 25.4 Å². The molecule has 0 fully saturated rings. The highest BCUT2D eigenvalue weighted by molar-refractivity contribution is 7.99. The maximum Gasteiger partial charge on any atom is 0.416 e. The van der Waals surface area contributed by atoms with Gasteiger partial charge in [0.05, 0.1) is 5.56 Å². The van der Waals surface area contributed by atoms with Gasteiger partial charge in [-0.2, -0.15) is 13.2 Å². The van der Waals surface area contributed by atoms with Gasteiger partial charge in [0.25, 0.3) is 0 Å². The van der Waals surface area contributed by atoms with Gasteiger partial charge in [-0.3, -0.25) is 9.59 Å². The minimum atomic E-state index is -4.51. The Balaban J connectivity index is 1.30. The third-order valence-corrected chi connectivity index (χ3v) is 7.82. The third kappa shape index (κ3) is 5.38. The van der Waals surface area contributed by atoms with Crippen LogP contribution in [0.25, 0.3) is 11.1 Å². The number of hydrogen-bond donors (Lipinski definition) is 0. The van der Waals surface area contributed by atoms with Gasteiger partial charge in [0.2, 0.25) is 0 Å². The van der Waals surface area contributed by atoms with E-state index in [1.807, 2.05) is 36.4 Å². The largest absolute Gasteiger partial charge is 0.465 e. The Kier molecular flexibility index (Phi) is 7.38. The number of benzene rings is 4. The first-order valence-electron chi connectivity index (χ1n) is 12.1. The average Bonchev–Trinajstić information content (AvgIpc) is 3.24. The van der Waals surface area contributed by atoms with Gasteiger partial charge in [0, 0.05) is 27.7 Å². The number of hydrogen-bond acceptors (Lipinski definition) is 4. The summed E-state index contributed by atoms with van der Waals surface area (Å²) in [4.78, 5) is 25.1. The lowest BCUT2D eigenvalue weighted by Crippen LogP contribution is -2.13. The Morgan fingerprint density at radius 3 is 2.13 bits per heavy atom. The van der Waals surface area contributed by atoms with Crippen LogP contribution in [-0.2, 0) is 22.1 Å². The first kappa shape index (κ1) is 25.8. The summed E-state index contributed by atoms with van der Waals surface area (Å²) in [6.45, 7) is 0.189.